The molecule has 2 heteroatoms. The second-order valence-corrected chi connectivity index (χ2v) is 3.98. The zero-order chi connectivity index (χ0) is 10.4. The maximum absolute atomic E-state index is 11.3. The molecule has 0 amide bonds. The Morgan fingerprint density at radius 3 is 2.86 bits per heavy atom. The summed E-state index contributed by atoms with van der Waals surface area (Å²) in [5.41, 5.74) is 1.00. The number of hydrogen-bond donors (Lipinski definition) is 0. The van der Waals surface area contributed by atoms with Gasteiger partial charge in [-0.15, -0.1) is 0 Å². The maximum Gasteiger partial charge on any atom is 0.155 e. The summed E-state index contributed by atoms with van der Waals surface area (Å²) in [4.78, 5) is 11.3. The van der Waals surface area contributed by atoms with Crippen molar-refractivity contribution in [2.45, 2.75) is 39.5 Å². The average molecular weight is 196 g/mol. The molecule has 1 saturated heterocycles. The van der Waals surface area contributed by atoms with Crippen molar-refractivity contribution in [2.24, 2.45) is 5.92 Å². The molecule has 14 heavy (non-hydrogen) atoms. The largest absolute Gasteiger partial charge is 0.381 e. The Morgan fingerprint density at radius 2 is 2.36 bits per heavy atom. The second kappa shape index (κ2) is 5.97. The lowest BCUT2D eigenvalue weighted by atomic mass is 9.99. The normalized spacial score (nSPS) is 22.7. The van der Waals surface area contributed by atoms with Gasteiger partial charge in [-0.2, -0.15) is 0 Å². The fourth-order valence-electron chi connectivity index (χ4n) is 1.71. The van der Waals surface area contributed by atoms with E-state index in [1.54, 1.807) is 6.92 Å². The molecule has 2 nitrogen and oxygen atoms in total. The first-order valence-electron chi connectivity index (χ1n) is 5.53. The van der Waals surface area contributed by atoms with E-state index < -0.39 is 0 Å². The van der Waals surface area contributed by atoms with Crippen LogP contribution < -0.4 is 0 Å². The van der Waals surface area contributed by atoms with E-state index in [9.17, 15) is 4.79 Å². The highest BCUT2D eigenvalue weighted by Gasteiger charge is 2.15. The summed E-state index contributed by atoms with van der Waals surface area (Å²) in [6.07, 6.45) is 6.39. The molecule has 0 aromatic carbocycles. The molecule has 0 radical (unpaired) electrons. The van der Waals surface area contributed by atoms with Crippen LogP contribution in [-0.4, -0.2) is 19.0 Å². The van der Waals surface area contributed by atoms with Gasteiger partial charge in [0.15, 0.2) is 5.78 Å². The molecule has 0 saturated carbocycles. The Balaban J connectivity index is 2.51. The molecule has 1 unspecified atom stereocenters. The lowest BCUT2D eigenvalue weighted by Gasteiger charge is -2.06. The summed E-state index contributed by atoms with van der Waals surface area (Å²) >= 11 is 0. The number of rotatable bonds is 5. The molecule has 80 valence electrons. The van der Waals surface area contributed by atoms with Crippen molar-refractivity contribution < 1.29 is 9.53 Å². The lowest BCUT2D eigenvalue weighted by Crippen LogP contribution is -2.02. The molecule has 0 aliphatic carbocycles. The zero-order valence-corrected chi connectivity index (χ0v) is 9.21. The van der Waals surface area contributed by atoms with Crippen molar-refractivity contribution in [3.63, 3.8) is 0 Å². The van der Waals surface area contributed by atoms with Crippen molar-refractivity contribution in [2.75, 3.05) is 13.2 Å². The smallest absolute Gasteiger partial charge is 0.155 e. The van der Waals surface area contributed by atoms with Crippen LogP contribution in [0, 0.1) is 5.92 Å². The van der Waals surface area contributed by atoms with Crippen molar-refractivity contribution in [1.82, 2.24) is 0 Å². The highest BCUT2D eigenvalue weighted by molar-refractivity contribution is 5.93. The van der Waals surface area contributed by atoms with E-state index in [1.807, 2.05) is 0 Å². The first-order chi connectivity index (χ1) is 6.74. The molecule has 0 aromatic rings. The molecule has 1 heterocycles. The Hall–Kier alpha value is -0.630. The summed E-state index contributed by atoms with van der Waals surface area (Å²) in [5.74, 6) is 0.705. The third-order valence-electron chi connectivity index (χ3n) is 2.65. The van der Waals surface area contributed by atoms with Crippen LogP contribution in [0.5, 0.6) is 0 Å². The first-order valence-corrected chi connectivity index (χ1v) is 5.53. The van der Waals surface area contributed by atoms with Gasteiger partial charge in [0.2, 0.25) is 0 Å². The molecule has 0 N–H and O–H groups in total. The van der Waals surface area contributed by atoms with Gasteiger partial charge >= 0.3 is 0 Å². The number of allylic oxidation sites excluding steroid dienone is 1. The van der Waals surface area contributed by atoms with Gasteiger partial charge in [-0.25, -0.2) is 0 Å². The van der Waals surface area contributed by atoms with E-state index in [1.165, 1.54) is 0 Å². The van der Waals surface area contributed by atoms with Crippen molar-refractivity contribution in [3.8, 4) is 0 Å². The van der Waals surface area contributed by atoms with Crippen molar-refractivity contribution in [1.29, 1.82) is 0 Å². The van der Waals surface area contributed by atoms with E-state index in [2.05, 4.69) is 13.0 Å². The number of Topliss-reactive ketones (excluding diaryl/α,β-unsaturated/α-hetero) is 1. The van der Waals surface area contributed by atoms with E-state index >= 15 is 0 Å². The molecule has 1 rings (SSSR count). The Labute approximate surface area is 86.3 Å². The van der Waals surface area contributed by atoms with E-state index in [4.69, 9.17) is 4.74 Å². The molecule has 0 spiro atoms. The minimum atomic E-state index is 0.227. The quantitative estimate of drug-likeness (QED) is 0.632. The van der Waals surface area contributed by atoms with Crippen LogP contribution in [-0.2, 0) is 9.53 Å². The lowest BCUT2D eigenvalue weighted by molar-refractivity contribution is -0.113. The van der Waals surface area contributed by atoms with E-state index in [0.29, 0.717) is 5.92 Å². The van der Waals surface area contributed by atoms with E-state index in [0.717, 1.165) is 44.5 Å². The Morgan fingerprint density at radius 1 is 1.57 bits per heavy atom. The van der Waals surface area contributed by atoms with Gasteiger partial charge in [-0.1, -0.05) is 19.4 Å². The molecule has 0 aromatic heterocycles. The van der Waals surface area contributed by atoms with Crippen LogP contribution in [0.4, 0.5) is 0 Å². The van der Waals surface area contributed by atoms with Gasteiger partial charge in [0.1, 0.15) is 0 Å². The topological polar surface area (TPSA) is 26.3 Å². The SMILES string of the molecule is CCCCC(=CC1CCOC1)C(C)=O. The van der Waals surface area contributed by atoms with Crippen LogP contribution in [0.25, 0.3) is 0 Å². The molecule has 1 fully saturated rings. The minimum Gasteiger partial charge on any atom is -0.381 e. The first kappa shape index (κ1) is 11.4. The highest BCUT2D eigenvalue weighted by Crippen LogP contribution is 2.18. The monoisotopic (exact) mass is 196 g/mol. The van der Waals surface area contributed by atoms with Crippen LogP contribution in [0.1, 0.15) is 39.5 Å². The number of carbonyl (C=O) groups excluding carboxylic acids is 1. The molecule has 1 aliphatic rings. The maximum atomic E-state index is 11.3. The predicted octanol–water partition coefficient (Wildman–Crippen LogP) is 2.73. The fourth-order valence-corrected chi connectivity index (χ4v) is 1.71. The number of unbranched alkanes of at least 4 members (excludes halogenated alkanes) is 1. The molecule has 0 bridgehead atoms. The third kappa shape index (κ3) is 3.62. The molecular formula is C12H20O2. The standard InChI is InChI=1S/C12H20O2/c1-3-4-5-12(10(2)13)8-11-6-7-14-9-11/h8,11H,3-7,9H2,1-2H3. The zero-order valence-electron chi connectivity index (χ0n) is 9.21. The number of hydrogen-bond acceptors (Lipinski definition) is 2. The van der Waals surface area contributed by atoms with Crippen LogP contribution in [0.3, 0.4) is 0 Å². The fraction of sp³-hybridized carbons (Fsp3) is 0.750. The second-order valence-electron chi connectivity index (χ2n) is 3.98. The van der Waals surface area contributed by atoms with Gasteiger partial charge in [-0.05, 0) is 31.8 Å². The summed E-state index contributed by atoms with van der Waals surface area (Å²) < 4.78 is 5.29. The van der Waals surface area contributed by atoms with Crippen molar-refractivity contribution in [3.05, 3.63) is 11.6 Å². The molecule has 1 aliphatic heterocycles. The highest BCUT2D eigenvalue weighted by atomic mass is 16.5. The van der Waals surface area contributed by atoms with Crippen LogP contribution in [0.2, 0.25) is 0 Å². The van der Waals surface area contributed by atoms with Gasteiger partial charge in [-0.3, -0.25) is 4.79 Å². The van der Waals surface area contributed by atoms with Crippen molar-refractivity contribution >= 4 is 5.78 Å². The summed E-state index contributed by atoms with van der Waals surface area (Å²) in [7, 11) is 0. The van der Waals surface area contributed by atoms with Gasteiger partial charge in [0.05, 0.1) is 6.61 Å². The molecular weight excluding hydrogens is 176 g/mol. The van der Waals surface area contributed by atoms with Crippen LogP contribution in [0.15, 0.2) is 11.6 Å². The average Bonchev–Trinajstić information content (AvgIpc) is 2.64. The van der Waals surface area contributed by atoms with Crippen LogP contribution >= 0.6 is 0 Å². The van der Waals surface area contributed by atoms with Gasteiger partial charge in [0.25, 0.3) is 0 Å². The number of ether oxygens (including phenoxy) is 1. The van der Waals surface area contributed by atoms with Gasteiger partial charge < -0.3 is 4.74 Å². The summed E-state index contributed by atoms with van der Waals surface area (Å²) in [6, 6.07) is 0. The third-order valence-corrected chi connectivity index (χ3v) is 2.65. The summed E-state index contributed by atoms with van der Waals surface area (Å²) in [5, 5.41) is 0. The van der Waals surface area contributed by atoms with E-state index in [-0.39, 0.29) is 5.78 Å². The Kier molecular flexibility index (Phi) is 4.88. The number of carbonyl (C=O) groups is 1. The number of ketones is 1. The Bertz CT molecular complexity index is 212. The van der Waals surface area contributed by atoms with Gasteiger partial charge in [0, 0.05) is 12.5 Å². The predicted molar refractivity (Wildman–Crippen MR) is 57.2 cm³/mol. The minimum absolute atomic E-state index is 0.227. The summed E-state index contributed by atoms with van der Waals surface area (Å²) in [6.45, 7) is 5.46. The molecule has 1 atom stereocenters.